The number of methoxy groups -OCH3 is 1. The van der Waals surface area contributed by atoms with E-state index in [0.29, 0.717) is 13.0 Å². The molecule has 1 aliphatic heterocycles. The van der Waals surface area contributed by atoms with E-state index in [0.717, 1.165) is 32.0 Å². The normalized spacial score (nSPS) is 19.7. The van der Waals surface area contributed by atoms with Crippen molar-refractivity contribution in [3.05, 3.63) is 0 Å². The van der Waals surface area contributed by atoms with Gasteiger partial charge in [0.1, 0.15) is 0 Å². The Morgan fingerprint density at radius 3 is 3.00 bits per heavy atom. The van der Waals surface area contributed by atoms with Crippen LogP contribution in [0.4, 0.5) is 0 Å². The van der Waals surface area contributed by atoms with Crippen molar-refractivity contribution < 1.29 is 9.53 Å². The summed E-state index contributed by atoms with van der Waals surface area (Å²) >= 11 is 0. The number of hydrogen-bond donors (Lipinski definition) is 2. The molecule has 2 N–H and O–H groups in total. The SMILES string of the molecule is COCCC(=O)NCCC1CCNC1.Cl. The van der Waals surface area contributed by atoms with Gasteiger partial charge in [-0.25, -0.2) is 0 Å². The van der Waals surface area contributed by atoms with E-state index in [1.165, 1.54) is 6.42 Å². The maximum Gasteiger partial charge on any atom is 0.222 e. The molecule has 0 aromatic rings. The summed E-state index contributed by atoms with van der Waals surface area (Å²) in [4.78, 5) is 11.2. The van der Waals surface area contributed by atoms with Crippen LogP contribution in [0, 0.1) is 5.92 Å². The summed E-state index contributed by atoms with van der Waals surface area (Å²) in [7, 11) is 1.61. The highest BCUT2D eigenvalue weighted by Crippen LogP contribution is 2.10. The summed E-state index contributed by atoms with van der Waals surface area (Å²) in [6.45, 7) is 3.54. The number of hydrogen-bond acceptors (Lipinski definition) is 3. The molecule has 5 heteroatoms. The molecule has 0 spiro atoms. The summed E-state index contributed by atoms with van der Waals surface area (Å²) in [6.07, 6.45) is 2.80. The smallest absolute Gasteiger partial charge is 0.222 e. The van der Waals surface area contributed by atoms with Crippen LogP contribution in [0.15, 0.2) is 0 Å². The van der Waals surface area contributed by atoms with Crippen molar-refractivity contribution in [1.29, 1.82) is 0 Å². The standard InChI is InChI=1S/C10H20N2O2.ClH/c1-14-7-4-10(13)12-6-3-9-2-5-11-8-9;/h9,11H,2-8H2,1H3,(H,12,13);1H. The summed E-state index contributed by atoms with van der Waals surface area (Å²) in [6, 6.07) is 0. The van der Waals surface area contributed by atoms with Crippen LogP contribution in [0.1, 0.15) is 19.3 Å². The highest BCUT2D eigenvalue weighted by atomic mass is 35.5. The molecule has 0 radical (unpaired) electrons. The van der Waals surface area contributed by atoms with Gasteiger partial charge in [0, 0.05) is 20.1 Å². The monoisotopic (exact) mass is 236 g/mol. The number of carbonyl (C=O) groups is 1. The van der Waals surface area contributed by atoms with E-state index in [1.54, 1.807) is 7.11 Å². The van der Waals surface area contributed by atoms with Gasteiger partial charge in [0.05, 0.1) is 6.61 Å². The van der Waals surface area contributed by atoms with E-state index >= 15 is 0 Å². The van der Waals surface area contributed by atoms with Crippen molar-refractivity contribution >= 4 is 18.3 Å². The minimum atomic E-state index is 0. The first-order valence-electron chi connectivity index (χ1n) is 5.29. The Kier molecular flexibility index (Phi) is 8.76. The average molecular weight is 237 g/mol. The second-order valence-electron chi connectivity index (χ2n) is 3.74. The van der Waals surface area contributed by atoms with E-state index in [1.807, 2.05) is 0 Å². The Balaban J connectivity index is 0.00000196. The van der Waals surface area contributed by atoms with E-state index in [-0.39, 0.29) is 18.3 Å². The molecular weight excluding hydrogens is 216 g/mol. The summed E-state index contributed by atoms with van der Waals surface area (Å²) in [5.41, 5.74) is 0. The molecule has 0 bridgehead atoms. The van der Waals surface area contributed by atoms with Crippen LogP contribution in [0.3, 0.4) is 0 Å². The van der Waals surface area contributed by atoms with Crippen LogP contribution in [-0.2, 0) is 9.53 Å². The lowest BCUT2D eigenvalue weighted by Gasteiger charge is -2.08. The fraction of sp³-hybridized carbons (Fsp3) is 0.900. The van der Waals surface area contributed by atoms with Gasteiger partial charge >= 0.3 is 0 Å². The maximum absolute atomic E-state index is 11.2. The number of amides is 1. The lowest BCUT2D eigenvalue weighted by Crippen LogP contribution is -2.27. The number of nitrogens with one attached hydrogen (secondary N) is 2. The van der Waals surface area contributed by atoms with Gasteiger partial charge in [0.2, 0.25) is 5.91 Å². The molecule has 1 fully saturated rings. The number of ether oxygens (including phenoxy) is 1. The molecule has 15 heavy (non-hydrogen) atoms. The van der Waals surface area contributed by atoms with Crippen LogP contribution < -0.4 is 10.6 Å². The van der Waals surface area contributed by atoms with Gasteiger partial charge in [-0.3, -0.25) is 4.79 Å². The molecule has 0 aromatic carbocycles. The molecule has 1 heterocycles. The topological polar surface area (TPSA) is 50.4 Å². The number of halogens is 1. The van der Waals surface area contributed by atoms with Crippen molar-refractivity contribution in [3.8, 4) is 0 Å². The third-order valence-electron chi connectivity index (χ3n) is 2.57. The van der Waals surface area contributed by atoms with E-state index < -0.39 is 0 Å². The largest absolute Gasteiger partial charge is 0.384 e. The molecule has 1 saturated heterocycles. The van der Waals surface area contributed by atoms with E-state index in [4.69, 9.17) is 4.74 Å². The molecule has 1 unspecified atom stereocenters. The van der Waals surface area contributed by atoms with Gasteiger partial charge in [-0.15, -0.1) is 12.4 Å². The van der Waals surface area contributed by atoms with Crippen molar-refractivity contribution in [2.45, 2.75) is 19.3 Å². The Labute approximate surface area is 97.5 Å². The molecule has 90 valence electrons. The molecular formula is C10H21ClN2O2. The van der Waals surface area contributed by atoms with Crippen LogP contribution in [-0.4, -0.2) is 39.3 Å². The van der Waals surface area contributed by atoms with Gasteiger partial charge in [-0.1, -0.05) is 0 Å². The van der Waals surface area contributed by atoms with Crippen LogP contribution in [0.2, 0.25) is 0 Å². The van der Waals surface area contributed by atoms with Crippen LogP contribution in [0.25, 0.3) is 0 Å². The minimum absolute atomic E-state index is 0. The lowest BCUT2D eigenvalue weighted by atomic mass is 10.1. The van der Waals surface area contributed by atoms with Crippen LogP contribution >= 0.6 is 12.4 Å². The first-order chi connectivity index (χ1) is 6.83. The zero-order valence-corrected chi connectivity index (χ0v) is 10.1. The number of rotatable bonds is 6. The quantitative estimate of drug-likeness (QED) is 0.709. The molecule has 1 aliphatic rings. The third-order valence-corrected chi connectivity index (χ3v) is 2.57. The third kappa shape index (κ3) is 6.71. The van der Waals surface area contributed by atoms with Gasteiger partial charge in [0.25, 0.3) is 0 Å². The van der Waals surface area contributed by atoms with Gasteiger partial charge in [0.15, 0.2) is 0 Å². The molecule has 1 rings (SSSR count). The zero-order valence-electron chi connectivity index (χ0n) is 9.25. The van der Waals surface area contributed by atoms with Crippen molar-refractivity contribution in [1.82, 2.24) is 10.6 Å². The van der Waals surface area contributed by atoms with Crippen molar-refractivity contribution in [2.75, 3.05) is 33.4 Å². The maximum atomic E-state index is 11.2. The Morgan fingerprint density at radius 1 is 1.60 bits per heavy atom. The Morgan fingerprint density at radius 2 is 2.40 bits per heavy atom. The zero-order chi connectivity index (χ0) is 10.2. The summed E-state index contributed by atoms with van der Waals surface area (Å²) < 4.78 is 4.82. The highest BCUT2D eigenvalue weighted by molar-refractivity contribution is 5.85. The number of carbonyl (C=O) groups excluding carboxylic acids is 1. The minimum Gasteiger partial charge on any atom is -0.384 e. The van der Waals surface area contributed by atoms with Crippen molar-refractivity contribution in [2.24, 2.45) is 5.92 Å². The molecule has 1 atom stereocenters. The van der Waals surface area contributed by atoms with Gasteiger partial charge < -0.3 is 15.4 Å². The Bertz CT molecular complexity index is 173. The molecule has 0 aliphatic carbocycles. The fourth-order valence-electron chi connectivity index (χ4n) is 1.66. The second kappa shape index (κ2) is 8.95. The Hall–Kier alpha value is -0.320. The second-order valence-corrected chi connectivity index (χ2v) is 3.74. The van der Waals surface area contributed by atoms with E-state index in [9.17, 15) is 4.79 Å². The van der Waals surface area contributed by atoms with Crippen molar-refractivity contribution in [3.63, 3.8) is 0 Å². The predicted octanol–water partition coefficient (Wildman–Crippen LogP) is 0.560. The average Bonchev–Trinajstić information content (AvgIpc) is 2.67. The predicted molar refractivity (Wildman–Crippen MR) is 62.3 cm³/mol. The first kappa shape index (κ1) is 14.7. The lowest BCUT2D eigenvalue weighted by molar-refractivity contribution is -0.121. The summed E-state index contributed by atoms with van der Waals surface area (Å²) in [5.74, 6) is 0.843. The van der Waals surface area contributed by atoms with Gasteiger partial charge in [-0.05, 0) is 31.8 Å². The molecule has 4 nitrogen and oxygen atoms in total. The molecule has 1 amide bonds. The fourth-order valence-corrected chi connectivity index (χ4v) is 1.66. The van der Waals surface area contributed by atoms with E-state index in [2.05, 4.69) is 10.6 Å². The van der Waals surface area contributed by atoms with Gasteiger partial charge in [-0.2, -0.15) is 0 Å². The highest BCUT2D eigenvalue weighted by Gasteiger charge is 2.13. The molecule has 0 aromatic heterocycles. The molecule has 0 saturated carbocycles. The summed E-state index contributed by atoms with van der Waals surface area (Å²) in [5, 5.41) is 6.21. The first-order valence-corrected chi connectivity index (χ1v) is 5.29. The van der Waals surface area contributed by atoms with Crippen LogP contribution in [0.5, 0.6) is 0 Å².